The summed E-state index contributed by atoms with van der Waals surface area (Å²) < 4.78 is 0. The Kier molecular flexibility index (Phi) is 3.47. The summed E-state index contributed by atoms with van der Waals surface area (Å²) in [5, 5.41) is 0. The molecule has 6 atom stereocenters. The minimum Gasteiger partial charge on any atom is -0.327 e. The summed E-state index contributed by atoms with van der Waals surface area (Å²) in [5.74, 6) is 4.81. The zero-order valence-corrected chi connectivity index (χ0v) is 11.4. The molecule has 3 aliphatic carbocycles. The maximum atomic E-state index is 6.66. The summed E-state index contributed by atoms with van der Waals surface area (Å²) in [6.07, 6.45) is 13.1. The van der Waals surface area contributed by atoms with Crippen LogP contribution in [-0.4, -0.2) is 6.04 Å². The van der Waals surface area contributed by atoms with E-state index in [0.717, 1.165) is 29.6 Å². The van der Waals surface area contributed by atoms with Crippen LogP contribution in [-0.2, 0) is 0 Å². The van der Waals surface area contributed by atoms with Crippen molar-refractivity contribution in [3.63, 3.8) is 0 Å². The Morgan fingerprint density at radius 1 is 1.06 bits per heavy atom. The third-order valence-electron chi connectivity index (χ3n) is 6.23. The topological polar surface area (TPSA) is 26.0 Å². The Balaban J connectivity index is 1.60. The minimum atomic E-state index is 0.541. The molecule has 3 rings (SSSR count). The van der Waals surface area contributed by atoms with Crippen molar-refractivity contribution in [2.45, 2.75) is 70.8 Å². The van der Waals surface area contributed by atoms with Crippen molar-refractivity contribution < 1.29 is 0 Å². The second-order valence-electron chi connectivity index (χ2n) is 7.12. The predicted molar refractivity (Wildman–Crippen MR) is 72.7 cm³/mol. The van der Waals surface area contributed by atoms with Gasteiger partial charge in [0.15, 0.2) is 0 Å². The first kappa shape index (κ1) is 12.0. The molecule has 6 unspecified atom stereocenters. The molecule has 2 bridgehead atoms. The summed E-state index contributed by atoms with van der Waals surface area (Å²) in [6.45, 7) is 2.36. The van der Waals surface area contributed by atoms with E-state index in [0.29, 0.717) is 6.04 Å². The first-order chi connectivity index (χ1) is 8.28. The van der Waals surface area contributed by atoms with E-state index in [-0.39, 0.29) is 0 Å². The van der Waals surface area contributed by atoms with Crippen molar-refractivity contribution in [3.8, 4) is 0 Å². The number of nitrogens with two attached hydrogens (primary N) is 1. The molecule has 2 N–H and O–H groups in total. The summed E-state index contributed by atoms with van der Waals surface area (Å²) in [7, 11) is 0. The van der Waals surface area contributed by atoms with Crippen LogP contribution in [0.1, 0.15) is 64.7 Å². The standard InChI is InChI=1S/C16H29N/c1-2-11-4-3-5-14(8-11)16(17)15-10-12-6-7-13(15)9-12/h11-16H,2-10,17H2,1H3. The summed E-state index contributed by atoms with van der Waals surface area (Å²) >= 11 is 0. The van der Waals surface area contributed by atoms with Crippen molar-refractivity contribution in [2.24, 2.45) is 35.3 Å². The minimum absolute atomic E-state index is 0.541. The molecule has 0 aromatic rings. The predicted octanol–water partition coefficient (Wildman–Crippen LogP) is 3.97. The van der Waals surface area contributed by atoms with Crippen molar-refractivity contribution in [2.75, 3.05) is 0 Å². The van der Waals surface area contributed by atoms with Gasteiger partial charge in [0, 0.05) is 6.04 Å². The highest BCUT2D eigenvalue weighted by atomic mass is 14.7. The van der Waals surface area contributed by atoms with Gasteiger partial charge >= 0.3 is 0 Å². The van der Waals surface area contributed by atoms with Gasteiger partial charge in [-0.25, -0.2) is 0 Å². The molecule has 3 saturated carbocycles. The first-order valence-corrected chi connectivity index (χ1v) is 8.03. The molecular weight excluding hydrogens is 206 g/mol. The Morgan fingerprint density at radius 2 is 1.94 bits per heavy atom. The first-order valence-electron chi connectivity index (χ1n) is 8.03. The van der Waals surface area contributed by atoms with Gasteiger partial charge in [-0.05, 0) is 61.7 Å². The third-order valence-corrected chi connectivity index (χ3v) is 6.23. The van der Waals surface area contributed by atoms with Crippen molar-refractivity contribution in [1.82, 2.24) is 0 Å². The second-order valence-corrected chi connectivity index (χ2v) is 7.12. The monoisotopic (exact) mass is 235 g/mol. The molecule has 0 aromatic heterocycles. The molecule has 3 fully saturated rings. The zero-order valence-electron chi connectivity index (χ0n) is 11.4. The van der Waals surface area contributed by atoms with Crippen molar-refractivity contribution in [3.05, 3.63) is 0 Å². The van der Waals surface area contributed by atoms with Crippen LogP contribution in [0.4, 0.5) is 0 Å². The maximum absolute atomic E-state index is 6.66. The molecule has 0 aromatic carbocycles. The lowest BCUT2D eigenvalue weighted by atomic mass is 9.71. The number of hydrogen-bond acceptors (Lipinski definition) is 1. The molecule has 1 heteroatoms. The van der Waals surface area contributed by atoms with Gasteiger partial charge in [-0.15, -0.1) is 0 Å². The lowest BCUT2D eigenvalue weighted by Crippen LogP contribution is -2.42. The van der Waals surface area contributed by atoms with Crippen LogP contribution in [0.3, 0.4) is 0 Å². The third kappa shape index (κ3) is 2.28. The van der Waals surface area contributed by atoms with Crippen LogP contribution in [0, 0.1) is 29.6 Å². The smallest absolute Gasteiger partial charge is 0.00984 e. The number of fused-ring (bicyclic) bond motifs is 2. The molecule has 17 heavy (non-hydrogen) atoms. The average molecular weight is 235 g/mol. The molecule has 0 spiro atoms. The van der Waals surface area contributed by atoms with Crippen molar-refractivity contribution in [1.29, 1.82) is 0 Å². The Labute approximate surface area is 107 Å². The number of hydrogen-bond donors (Lipinski definition) is 1. The van der Waals surface area contributed by atoms with E-state index in [4.69, 9.17) is 5.73 Å². The summed E-state index contributed by atoms with van der Waals surface area (Å²) in [5.41, 5.74) is 6.66. The SMILES string of the molecule is CCC1CCCC(C(N)C2CC3CCC2C3)C1. The molecule has 0 aliphatic heterocycles. The molecule has 0 radical (unpaired) electrons. The van der Waals surface area contributed by atoms with Crippen LogP contribution >= 0.6 is 0 Å². The van der Waals surface area contributed by atoms with E-state index < -0.39 is 0 Å². The molecule has 0 heterocycles. The zero-order chi connectivity index (χ0) is 11.8. The Morgan fingerprint density at radius 3 is 2.59 bits per heavy atom. The van der Waals surface area contributed by atoms with E-state index in [2.05, 4.69) is 6.92 Å². The molecule has 1 nitrogen and oxygen atoms in total. The Hall–Kier alpha value is -0.0400. The van der Waals surface area contributed by atoms with Gasteiger partial charge in [0.25, 0.3) is 0 Å². The molecule has 3 aliphatic rings. The summed E-state index contributed by atoms with van der Waals surface area (Å²) in [4.78, 5) is 0. The highest BCUT2D eigenvalue weighted by molar-refractivity contribution is 4.97. The van der Waals surface area contributed by atoms with Crippen LogP contribution in [0.25, 0.3) is 0 Å². The van der Waals surface area contributed by atoms with Gasteiger partial charge in [0.2, 0.25) is 0 Å². The molecular formula is C16H29N. The highest BCUT2D eigenvalue weighted by Crippen LogP contribution is 2.51. The van der Waals surface area contributed by atoms with Gasteiger partial charge in [0.1, 0.15) is 0 Å². The van der Waals surface area contributed by atoms with E-state index in [1.807, 2.05) is 0 Å². The molecule has 98 valence electrons. The fourth-order valence-electron chi connectivity index (χ4n) is 5.17. The van der Waals surface area contributed by atoms with E-state index >= 15 is 0 Å². The lowest BCUT2D eigenvalue weighted by molar-refractivity contribution is 0.161. The van der Waals surface area contributed by atoms with Crippen LogP contribution in [0.5, 0.6) is 0 Å². The van der Waals surface area contributed by atoms with Crippen LogP contribution < -0.4 is 5.73 Å². The number of rotatable bonds is 3. The van der Waals surface area contributed by atoms with E-state index in [9.17, 15) is 0 Å². The summed E-state index contributed by atoms with van der Waals surface area (Å²) in [6, 6.07) is 0.541. The van der Waals surface area contributed by atoms with Crippen LogP contribution in [0.2, 0.25) is 0 Å². The largest absolute Gasteiger partial charge is 0.327 e. The van der Waals surface area contributed by atoms with Gasteiger partial charge in [-0.2, -0.15) is 0 Å². The fraction of sp³-hybridized carbons (Fsp3) is 1.00. The van der Waals surface area contributed by atoms with Crippen molar-refractivity contribution >= 4 is 0 Å². The van der Waals surface area contributed by atoms with E-state index in [1.165, 1.54) is 57.8 Å². The molecule has 0 amide bonds. The average Bonchev–Trinajstić information content (AvgIpc) is 3.00. The van der Waals surface area contributed by atoms with Gasteiger partial charge in [0.05, 0.1) is 0 Å². The van der Waals surface area contributed by atoms with Crippen LogP contribution in [0.15, 0.2) is 0 Å². The normalized spacial score (nSPS) is 47.3. The van der Waals surface area contributed by atoms with Gasteiger partial charge in [-0.1, -0.05) is 32.6 Å². The lowest BCUT2D eigenvalue weighted by Gasteiger charge is -2.38. The van der Waals surface area contributed by atoms with E-state index in [1.54, 1.807) is 0 Å². The highest BCUT2D eigenvalue weighted by Gasteiger charge is 2.44. The molecule has 0 saturated heterocycles. The second kappa shape index (κ2) is 4.91. The quantitative estimate of drug-likeness (QED) is 0.787. The van der Waals surface area contributed by atoms with Gasteiger partial charge < -0.3 is 5.73 Å². The fourth-order valence-corrected chi connectivity index (χ4v) is 5.17. The Bertz CT molecular complexity index is 262. The maximum Gasteiger partial charge on any atom is 0.00984 e. The van der Waals surface area contributed by atoms with Gasteiger partial charge in [-0.3, -0.25) is 0 Å².